The zero-order chi connectivity index (χ0) is 18.2. The average Bonchev–Trinajstić information content (AvgIpc) is 2.52. The van der Waals surface area contributed by atoms with Gasteiger partial charge in [0.1, 0.15) is 11.4 Å². The first-order valence-corrected chi connectivity index (χ1v) is 8.35. The van der Waals surface area contributed by atoms with E-state index in [1.807, 2.05) is 20.8 Å². The normalized spacial score (nSPS) is 23.3. The van der Waals surface area contributed by atoms with Crippen LogP contribution in [0.4, 0.5) is 10.6 Å². The van der Waals surface area contributed by atoms with Crippen LogP contribution in [-0.2, 0) is 9.47 Å². The Kier molecular flexibility index (Phi) is 4.55. The minimum Gasteiger partial charge on any atom is -0.444 e. The van der Waals surface area contributed by atoms with Crippen molar-refractivity contribution in [2.24, 2.45) is 0 Å². The molecule has 2 unspecified atom stereocenters. The van der Waals surface area contributed by atoms with Crippen LogP contribution in [0.3, 0.4) is 0 Å². The van der Waals surface area contributed by atoms with E-state index in [2.05, 4.69) is 4.98 Å². The summed E-state index contributed by atoms with van der Waals surface area (Å²) in [6.45, 7) is 7.20. The van der Waals surface area contributed by atoms with Crippen LogP contribution in [0.5, 0.6) is 0 Å². The van der Waals surface area contributed by atoms with Crippen molar-refractivity contribution in [1.82, 2.24) is 14.8 Å². The summed E-state index contributed by atoms with van der Waals surface area (Å²) in [4.78, 5) is 32.3. The van der Waals surface area contributed by atoms with Crippen molar-refractivity contribution in [2.75, 3.05) is 31.9 Å². The molecule has 0 saturated carbocycles. The van der Waals surface area contributed by atoms with Crippen molar-refractivity contribution in [1.29, 1.82) is 0 Å². The number of morpholine rings is 2. The standard InChI is InChI=1S/C17H24N4O4/c1-17(2,3)25-16(23)21-9-12-7-20(8-13(10-21)24-12)15(22)11-4-5-14(18)19-6-11/h4-6,12-13H,7-10H2,1-3H3,(H2,18,19). The number of ether oxygens (including phenoxy) is 2. The van der Waals surface area contributed by atoms with Crippen LogP contribution in [0.15, 0.2) is 18.3 Å². The Morgan fingerprint density at radius 1 is 1.16 bits per heavy atom. The van der Waals surface area contributed by atoms with Crippen LogP contribution < -0.4 is 5.73 Å². The van der Waals surface area contributed by atoms with Crippen LogP contribution in [0.1, 0.15) is 31.1 Å². The van der Waals surface area contributed by atoms with Gasteiger partial charge in [0.25, 0.3) is 5.91 Å². The number of nitrogens with zero attached hydrogens (tertiary/aromatic N) is 3. The second-order valence-electron chi connectivity index (χ2n) is 7.45. The molecule has 2 amide bonds. The molecule has 2 N–H and O–H groups in total. The molecular weight excluding hydrogens is 324 g/mol. The molecule has 3 rings (SSSR count). The maximum absolute atomic E-state index is 12.6. The highest BCUT2D eigenvalue weighted by atomic mass is 16.6. The highest BCUT2D eigenvalue weighted by Crippen LogP contribution is 2.22. The Hall–Kier alpha value is -2.35. The molecule has 1 aromatic rings. The highest BCUT2D eigenvalue weighted by molar-refractivity contribution is 5.94. The van der Waals surface area contributed by atoms with Gasteiger partial charge < -0.3 is 25.0 Å². The van der Waals surface area contributed by atoms with Crippen LogP contribution in [0.25, 0.3) is 0 Å². The fourth-order valence-electron chi connectivity index (χ4n) is 3.05. The summed E-state index contributed by atoms with van der Waals surface area (Å²) < 4.78 is 11.3. The first-order chi connectivity index (χ1) is 11.7. The highest BCUT2D eigenvalue weighted by Gasteiger charge is 2.39. The number of anilines is 1. The lowest BCUT2D eigenvalue weighted by atomic mass is 10.1. The summed E-state index contributed by atoms with van der Waals surface area (Å²) >= 11 is 0. The number of fused-ring (bicyclic) bond motifs is 2. The summed E-state index contributed by atoms with van der Waals surface area (Å²) in [6.07, 6.45) is 0.709. The number of nitrogen functional groups attached to an aromatic ring is 1. The van der Waals surface area contributed by atoms with Gasteiger partial charge in [-0.3, -0.25) is 4.79 Å². The van der Waals surface area contributed by atoms with E-state index < -0.39 is 5.60 Å². The number of aromatic nitrogens is 1. The zero-order valence-electron chi connectivity index (χ0n) is 14.8. The quantitative estimate of drug-likeness (QED) is 0.817. The number of nitrogens with two attached hydrogens (primary N) is 1. The molecule has 1 aromatic heterocycles. The minimum absolute atomic E-state index is 0.100. The van der Waals surface area contributed by atoms with Gasteiger partial charge in [-0.15, -0.1) is 0 Å². The topological polar surface area (TPSA) is 98.0 Å². The number of pyridine rings is 1. The van der Waals surface area contributed by atoms with Gasteiger partial charge in [-0.05, 0) is 32.9 Å². The monoisotopic (exact) mass is 348 g/mol. The minimum atomic E-state index is -0.533. The van der Waals surface area contributed by atoms with E-state index in [1.54, 1.807) is 21.9 Å². The van der Waals surface area contributed by atoms with Crippen LogP contribution in [0, 0.1) is 0 Å². The van der Waals surface area contributed by atoms with Gasteiger partial charge >= 0.3 is 6.09 Å². The number of hydrogen-bond donors (Lipinski definition) is 1. The smallest absolute Gasteiger partial charge is 0.410 e. The molecule has 3 heterocycles. The van der Waals surface area contributed by atoms with Crippen molar-refractivity contribution < 1.29 is 19.1 Å². The molecule has 2 saturated heterocycles. The Balaban J connectivity index is 1.63. The molecule has 0 aliphatic carbocycles. The molecule has 2 atom stereocenters. The van der Waals surface area contributed by atoms with E-state index in [1.165, 1.54) is 6.20 Å². The lowest BCUT2D eigenvalue weighted by Gasteiger charge is -2.45. The van der Waals surface area contributed by atoms with Gasteiger partial charge in [-0.2, -0.15) is 0 Å². The van der Waals surface area contributed by atoms with E-state index in [9.17, 15) is 9.59 Å². The SMILES string of the molecule is CC(C)(C)OC(=O)N1CC2CN(C(=O)c3ccc(N)nc3)CC(C1)O2. The van der Waals surface area contributed by atoms with Gasteiger partial charge in [-0.25, -0.2) is 9.78 Å². The molecule has 2 aliphatic heterocycles. The second-order valence-corrected chi connectivity index (χ2v) is 7.45. The van der Waals surface area contributed by atoms with Gasteiger partial charge in [0.05, 0.1) is 30.9 Å². The molecule has 2 bridgehead atoms. The maximum atomic E-state index is 12.6. The molecule has 8 nitrogen and oxygen atoms in total. The van der Waals surface area contributed by atoms with Crippen LogP contribution in [-0.4, -0.2) is 70.8 Å². The summed E-state index contributed by atoms with van der Waals surface area (Å²) in [5.41, 5.74) is 5.53. The third-order valence-corrected chi connectivity index (χ3v) is 4.05. The number of carbonyl (C=O) groups is 2. The summed E-state index contributed by atoms with van der Waals surface area (Å²) in [5.74, 6) is 0.278. The predicted molar refractivity (Wildman–Crippen MR) is 91.0 cm³/mol. The van der Waals surface area contributed by atoms with E-state index in [4.69, 9.17) is 15.2 Å². The zero-order valence-corrected chi connectivity index (χ0v) is 14.8. The predicted octanol–water partition coefficient (Wildman–Crippen LogP) is 1.12. The molecule has 0 radical (unpaired) electrons. The van der Waals surface area contributed by atoms with Crippen molar-refractivity contribution in [3.63, 3.8) is 0 Å². The fourth-order valence-corrected chi connectivity index (χ4v) is 3.05. The van der Waals surface area contributed by atoms with Crippen LogP contribution in [0.2, 0.25) is 0 Å². The summed E-state index contributed by atoms with van der Waals surface area (Å²) in [5, 5.41) is 0. The van der Waals surface area contributed by atoms with E-state index in [0.717, 1.165) is 0 Å². The number of amides is 2. The largest absolute Gasteiger partial charge is 0.444 e. The third kappa shape index (κ3) is 4.19. The molecule has 0 spiro atoms. The van der Waals surface area contributed by atoms with Crippen LogP contribution >= 0.6 is 0 Å². The molecule has 25 heavy (non-hydrogen) atoms. The first-order valence-electron chi connectivity index (χ1n) is 8.35. The van der Waals surface area contributed by atoms with E-state index >= 15 is 0 Å². The summed E-state index contributed by atoms with van der Waals surface area (Å²) in [6, 6.07) is 3.28. The molecule has 2 aliphatic rings. The summed E-state index contributed by atoms with van der Waals surface area (Å²) in [7, 11) is 0. The maximum Gasteiger partial charge on any atom is 0.410 e. The first kappa shape index (κ1) is 17.5. The Labute approximate surface area is 146 Å². The van der Waals surface area contributed by atoms with Crippen molar-refractivity contribution >= 4 is 17.8 Å². The van der Waals surface area contributed by atoms with Gasteiger partial charge in [0.15, 0.2) is 0 Å². The number of carbonyl (C=O) groups excluding carboxylic acids is 2. The van der Waals surface area contributed by atoms with Gasteiger partial charge in [0.2, 0.25) is 0 Å². The molecule has 136 valence electrons. The van der Waals surface area contributed by atoms with Crippen molar-refractivity contribution in [2.45, 2.75) is 38.6 Å². The second kappa shape index (κ2) is 6.51. The Morgan fingerprint density at radius 3 is 2.28 bits per heavy atom. The van der Waals surface area contributed by atoms with Gasteiger partial charge in [0, 0.05) is 19.3 Å². The molecular formula is C17H24N4O4. The van der Waals surface area contributed by atoms with E-state index in [-0.39, 0.29) is 24.2 Å². The van der Waals surface area contributed by atoms with Crippen molar-refractivity contribution in [3.05, 3.63) is 23.9 Å². The lowest BCUT2D eigenvalue weighted by molar-refractivity contribution is -0.127. The Morgan fingerprint density at radius 2 is 1.76 bits per heavy atom. The van der Waals surface area contributed by atoms with Gasteiger partial charge in [-0.1, -0.05) is 0 Å². The Bertz CT molecular complexity index is 642. The molecule has 2 fully saturated rings. The average molecular weight is 348 g/mol. The number of hydrogen-bond acceptors (Lipinski definition) is 6. The van der Waals surface area contributed by atoms with Crippen molar-refractivity contribution in [3.8, 4) is 0 Å². The van der Waals surface area contributed by atoms with E-state index in [0.29, 0.717) is 37.6 Å². The lowest BCUT2D eigenvalue weighted by Crippen LogP contribution is -2.61. The fraction of sp³-hybridized carbons (Fsp3) is 0.588. The number of rotatable bonds is 1. The third-order valence-electron chi connectivity index (χ3n) is 4.05. The molecule has 8 heteroatoms. The molecule has 0 aromatic carbocycles.